The number of nitrogens with zero attached hydrogens (tertiary/aromatic N) is 1. The molecular weight excluding hydrogens is 287 g/mol. The zero-order valence-corrected chi connectivity index (χ0v) is 11.1. The average Bonchev–Trinajstić information content (AvgIpc) is 2.28. The molecule has 17 heavy (non-hydrogen) atoms. The number of benzene rings is 1. The number of piperazine rings is 1. The Bertz CT molecular complexity index is 418. The molecule has 1 aliphatic heterocycles. The molecule has 0 radical (unpaired) electrons. The molecule has 1 amide bonds. The molecular formula is C12H14BrFN2O. The molecule has 0 saturated carbocycles. The minimum Gasteiger partial charge on any atom is -0.336 e. The van der Waals surface area contributed by atoms with Crippen LogP contribution in [0.1, 0.15) is 17.3 Å². The van der Waals surface area contributed by atoms with Crippen LogP contribution in [0.4, 0.5) is 4.39 Å². The lowest BCUT2D eigenvalue weighted by Gasteiger charge is -2.32. The molecule has 1 N–H and O–H groups in total. The van der Waals surface area contributed by atoms with Crippen LogP contribution in [0.2, 0.25) is 0 Å². The molecule has 1 fully saturated rings. The molecule has 1 aliphatic rings. The zero-order valence-electron chi connectivity index (χ0n) is 9.54. The predicted octanol–water partition coefficient (Wildman–Crippen LogP) is 2.02. The quantitative estimate of drug-likeness (QED) is 0.861. The number of rotatable bonds is 1. The minimum absolute atomic E-state index is 0.126. The van der Waals surface area contributed by atoms with E-state index in [0.29, 0.717) is 17.6 Å². The summed E-state index contributed by atoms with van der Waals surface area (Å²) in [5.74, 6) is -0.723. The Kier molecular flexibility index (Phi) is 3.79. The molecule has 0 bridgehead atoms. The van der Waals surface area contributed by atoms with Crippen molar-refractivity contribution in [3.63, 3.8) is 0 Å². The molecule has 0 aliphatic carbocycles. The minimum atomic E-state index is -0.476. The fraction of sp³-hybridized carbons (Fsp3) is 0.417. The Labute approximate surface area is 108 Å². The predicted molar refractivity (Wildman–Crippen MR) is 67.5 cm³/mol. The van der Waals surface area contributed by atoms with Gasteiger partial charge >= 0.3 is 0 Å². The molecule has 0 aromatic heterocycles. The molecule has 3 nitrogen and oxygen atoms in total. The first-order valence-electron chi connectivity index (χ1n) is 5.56. The molecule has 1 atom stereocenters. The first kappa shape index (κ1) is 12.5. The monoisotopic (exact) mass is 300 g/mol. The molecule has 92 valence electrons. The molecule has 1 aromatic rings. The SMILES string of the molecule is C[C@@H]1CN(C(=O)c2c(F)cccc2Br)CCN1. The largest absolute Gasteiger partial charge is 0.336 e. The van der Waals surface area contributed by atoms with Crippen molar-refractivity contribution in [1.29, 1.82) is 0 Å². The van der Waals surface area contributed by atoms with Crippen molar-refractivity contribution in [1.82, 2.24) is 10.2 Å². The summed E-state index contributed by atoms with van der Waals surface area (Å²) in [6.07, 6.45) is 0. The van der Waals surface area contributed by atoms with E-state index in [4.69, 9.17) is 0 Å². The average molecular weight is 301 g/mol. The summed E-state index contributed by atoms with van der Waals surface area (Å²) in [5.41, 5.74) is 0.126. The van der Waals surface area contributed by atoms with Crippen LogP contribution in [-0.2, 0) is 0 Å². The maximum absolute atomic E-state index is 13.7. The van der Waals surface area contributed by atoms with Crippen molar-refractivity contribution in [3.8, 4) is 0 Å². The van der Waals surface area contributed by atoms with E-state index in [1.54, 1.807) is 17.0 Å². The summed E-state index contributed by atoms with van der Waals surface area (Å²) in [6.45, 7) is 3.98. The second-order valence-electron chi connectivity index (χ2n) is 4.20. The Hall–Kier alpha value is -0.940. The van der Waals surface area contributed by atoms with Crippen LogP contribution in [0, 0.1) is 5.82 Å². The molecule has 1 heterocycles. The van der Waals surface area contributed by atoms with Gasteiger partial charge in [-0.2, -0.15) is 0 Å². The third-order valence-corrected chi connectivity index (χ3v) is 3.49. The molecule has 2 rings (SSSR count). The standard InChI is InChI=1S/C12H14BrFN2O/c1-8-7-16(6-5-15-8)12(17)11-9(13)3-2-4-10(11)14/h2-4,8,15H,5-7H2,1H3/t8-/m1/s1. The van der Waals surface area contributed by atoms with Gasteiger partial charge in [-0.05, 0) is 35.0 Å². The first-order chi connectivity index (χ1) is 8.09. The van der Waals surface area contributed by atoms with E-state index in [9.17, 15) is 9.18 Å². The van der Waals surface area contributed by atoms with Crippen molar-refractivity contribution in [2.24, 2.45) is 0 Å². The fourth-order valence-electron chi connectivity index (χ4n) is 1.98. The van der Waals surface area contributed by atoms with Gasteiger partial charge in [0, 0.05) is 30.1 Å². The second kappa shape index (κ2) is 5.14. The Balaban J connectivity index is 2.24. The fourth-order valence-corrected chi connectivity index (χ4v) is 2.49. The van der Waals surface area contributed by atoms with Crippen molar-refractivity contribution >= 4 is 21.8 Å². The molecule has 0 unspecified atom stereocenters. The van der Waals surface area contributed by atoms with Gasteiger partial charge in [0.25, 0.3) is 5.91 Å². The van der Waals surface area contributed by atoms with Gasteiger partial charge in [-0.1, -0.05) is 6.07 Å². The van der Waals surface area contributed by atoms with E-state index in [1.165, 1.54) is 6.07 Å². The van der Waals surface area contributed by atoms with Crippen molar-refractivity contribution < 1.29 is 9.18 Å². The van der Waals surface area contributed by atoms with Crippen LogP contribution in [0.3, 0.4) is 0 Å². The summed E-state index contributed by atoms with van der Waals surface area (Å²) >= 11 is 3.23. The van der Waals surface area contributed by atoms with Gasteiger partial charge in [0.05, 0.1) is 5.56 Å². The van der Waals surface area contributed by atoms with Gasteiger partial charge in [-0.25, -0.2) is 4.39 Å². The lowest BCUT2D eigenvalue weighted by molar-refractivity contribution is 0.0703. The maximum atomic E-state index is 13.7. The number of hydrogen-bond donors (Lipinski definition) is 1. The van der Waals surface area contributed by atoms with Gasteiger partial charge in [0.1, 0.15) is 5.82 Å². The number of carbonyl (C=O) groups is 1. The van der Waals surface area contributed by atoms with E-state index in [0.717, 1.165) is 6.54 Å². The van der Waals surface area contributed by atoms with Crippen LogP contribution in [0.25, 0.3) is 0 Å². The van der Waals surface area contributed by atoms with E-state index in [1.807, 2.05) is 6.92 Å². The molecule has 0 spiro atoms. The van der Waals surface area contributed by atoms with Gasteiger partial charge in [-0.3, -0.25) is 4.79 Å². The zero-order chi connectivity index (χ0) is 12.4. The Morgan fingerprint density at radius 2 is 2.35 bits per heavy atom. The number of carbonyl (C=O) groups excluding carboxylic acids is 1. The van der Waals surface area contributed by atoms with Crippen LogP contribution in [0.15, 0.2) is 22.7 Å². The van der Waals surface area contributed by atoms with Crippen molar-refractivity contribution in [2.45, 2.75) is 13.0 Å². The third-order valence-electron chi connectivity index (χ3n) is 2.83. The lowest BCUT2D eigenvalue weighted by atomic mass is 10.1. The van der Waals surface area contributed by atoms with E-state index in [2.05, 4.69) is 21.2 Å². The lowest BCUT2D eigenvalue weighted by Crippen LogP contribution is -2.51. The number of halogens is 2. The summed E-state index contributed by atoms with van der Waals surface area (Å²) in [4.78, 5) is 13.9. The van der Waals surface area contributed by atoms with E-state index >= 15 is 0 Å². The number of nitrogens with one attached hydrogen (secondary N) is 1. The maximum Gasteiger partial charge on any atom is 0.258 e. The molecule has 1 aromatic carbocycles. The van der Waals surface area contributed by atoms with Crippen LogP contribution < -0.4 is 5.32 Å². The number of amides is 1. The van der Waals surface area contributed by atoms with Crippen molar-refractivity contribution in [2.75, 3.05) is 19.6 Å². The van der Waals surface area contributed by atoms with Gasteiger partial charge in [0.2, 0.25) is 0 Å². The highest BCUT2D eigenvalue weighted by atomic mass is 79.9. The summed E-state index contributed by atoms with van der Waals surface area (Å²) in [6, 6.07) is 4.82. The Morgan fingerprint density at radius 1 is 1.59 bits per heavy atom. The smallest absolute Gasteiger partial charge is 0.258 e. The Morgan fingerprint density at radius 3 is 3.00 bits per heavy atom. The normalized spacial score (nSPS) is 20.4. The highest BCUT2D eigenvalue weighted by Crippen LogP contribution is 2.21. The molecule has 1 saturated heterocycles. The van der Waals surface area contributed by atoms with Gasteiger partial charge in [0.15, 0.2) is 0 Å². The first-order valence-corrected chi connectivity index (χ1v) is 6.35. The topological polar surface area (TPSA) is 32.3 Å². The summed E-state index contributed by atoms with van der Waals surface area (Å²) < 4.78 is 14.2. The van der Waals surface area contributed by atoms with Crippen LogP contribution in [-0.4, -0.2) is 36.5 Å². The van der Waals surface area contributed by atoms with E-state index in [-0.39, 0.29) is 17.5 Å². The highest BCUT2D eigenvalue weighted by molar-refractivity contribution is 9.10. The highest BCUT2D eigenvalue weighted by Gasteiger charge is 2.25. The third kappa shape index (κ3) is 2.66. The van der Waals surface area contributed by atoms with Crippen molar-refractivity contribution in [3.05, 3.63) is 34.1 Å². The number of hydrogen-bond acceptors (Lipinski definition) is 2. The molecule has 5 heteroatoms. The van der Waals surface area contributed by atoms with Gasteiger partial charge in [-0.15, -0.1) is 0 Å². The van der Waals surface area contributed by atoms with E-state index < -0.39 is 5.82 Å². The summed E-state index contributed by atoms with van der Waals surface area (Å²) in [7, 11) is 0. The summed E-state index contributed by atoms with van der Waals surface area (Å²) in [5, 5.41) is 3.25. The second-order valence-corrected chi connectivity index (χ2v) is 5.06. The van der Waals surface area contributed by atoms with Crippen LogP contribution in [0.5, 0.6) is 0 Å². The van der Waals surface area contributed by atoms with Crippen LogP contribution >= 0.6 is 15.9 Å². The van der Waals surface area contributed by atoms with Gasteiger partial charge < -0.3 is 10.2 Å².